The molecule has 0 bridgehead atoms. The van der Waals surface area contributed by atoms with Crippen molar-refractivity contribution in [3.05, 3.63) is 11.8 Å². The molecule has 1 unspecified atom stereocenters. The molecule has 1 aliphatic heterocycles. The standard InChI is InChI=1S/C11H19NO/c12-11(7-9-3-1-4-9)10-5-2-6-13-8-10/h8-9,11H,1-7,12H2. The third kappa shape index (κ3) is 2.25. The van der Waals surface area contributed by atoms with Crippen LogP contribution >= 0.6 is 0 Å². The van der Waals surface area contributed by atoms with Gasteiger partial charge in [-0.2, -0.15) is 0 Å². The lowest BCUT2D eigenvalue weighted by Gasteiger charge is -2.29. The van der Waals surface area contributed by atoms with E-state index in [0.717, 1.165) is 25.4 Å². The predicted molar refractivity (Wildman–Crippen MR) is 53.2 cm³/mol. The van der Waals surface area contributed by atoms with Gasteiger partial charge in [0.1, 0.15) is 0 Å². The highest BCUT2D eigenvalue weighted by molar-refractivity contribution is 5.09. The van der Waals surface area contributed by atoms with Crippen molar-refractivity contribution >= 4 is 0 Å². The molecule has 2 N–H and O–H groups in total. The zero-order valence-corrected chi connectivity index (χ0v) is 8.17. The normalized spacial score (nSPS) is 25.8. The minimum Gasteiger partial charge on any atom is -0.501 e. The van der Waals surface area contributed by atoms with Crippen molar-refractivity contribution in [2.24, 2.45) is 11.7 Å². The topological polar surface area (TPSA) is 35.2 Å². The number of rotatable bonds is 3. The Morgan fingerprint density at radius 3 is 2.85 bits per heavy atom. The zero-order valence-electron chi connectivity index (χ0n) is 8.17. The lowest BCUT2D eigenvalue weighted by Crippen LogP contribution is -2.29. The summed E-state index contributed by atoms with van der Waals surface area (Å²) in [4.78, 5) is 0. The van der Waals surface area contributed by atoms with Crippen LogP contribution in [0.4, 0.5) is 0 Å². The lowest BCUT2D eigenvalue weighted by atomic mass is 9.79. The highest BCUT2D eigenvalue weighted by atomic mass is 16.5. The SMILES string of the molecule is NC(CC1CCC1)C1=COCCC1. The van der Waals surface area contributed by atoms with Gasteiger partial charge in [0.2, 0.25) is 0 Å². The van der Waals surface area contributed by atoms with Gasteiger partial charge in [-0.05, 0) is 30.8 Å². The van der Waals surface area contributed by atoms with Crippen LogP contribution in [-0.4, -0.2) is 12.6 Å². The van der Waals surface area contributed by atoms with Crippen molar-refractivity contribution in [2.45, 2.75) is 44.6 Å². The summed E-state index contributed by atoms with van der Waals surface area (Å²) in [5, 5.41) is 0. The fraction of sp³-hybridized carbons (Fsp3) is 0.818. The van der Waals surface area contributed by atoms with Gasteiger partial charge in [0.25, 0.3) is 0 Å². The summed E-state index contributed by atoms with van der Waals surface area (Å²) >= 11 is 0. The zero-order chi connectivity index (χ0) is 9.10. The van der Waals surface area contributed by atoms with Crippen LogP contribution in [0.3, 0.4) is 0 Å². The maximum absolute atomic E-state index is 6.11. The Labute approximate surface area is 80.1 Å². The summed E-state index contributed by atoms with van der Waals surface area (Å²) in [6.07, 6.45) is 9.55. The van der Waals surface area contributed by atoms with Gasteiger partial charge < -0.3 is 10.5 Å². The van der Waals surface area contributed by atoms with E-state index >= 15 is 0 Å². The molecule has 0 aromatic heterocycles. The molecule has 1 aliphatic carbocycles. The van der Waals surface area contributed by atoms with Gasteiger partial charge in [0, 0.05) is 6.04 Å². The van der Waals surface area contributed by atoms with Gasteiger partial charge in [-0.25, -0.2) is 0 Å². The van der Waals surface area contributed by atoms with Crippen LogP contribution in [0.2, 0.25) is 0 Å². The Morgan fingerprint density at radius 2 is 2.31 bits per heavy atom. The van der Waals surface area contributed by atoms with Gasteiger partial charge in [-0.1, -0.05) is 19.3 Å². The minimum atomic E-state index is 0.269. The van der Waals surface area contributed by atoms with Crippen LogP contribution in [0.25, 0.3) is 0 Å². The molecule has 2 heteroatoms. The first-order valence-corrected chi connectivity index (χ1v) is 5.42. The first-order valence-electron chi connectivity index (χ1n) is 5.42. The van der Waals surface area contributed by atoms with Gasteiger partial charge in [-0.3, -0.25) is 0 Å². The van der Waals surface area contributed by atoms with Crippen molar-refractivity contribution in [2.75, 3.05) is 6.61 Å². The van der Waals surface area contributed by atoms with Crippen LogP contribution in [0.5, 0.6) is 0 Å². The number of hydrogen-bond acceptors (Lipinski definition) is 2. The molecule has 0 saturated heterocycles. The maximum Gasteiger partial charge on any atom is 0.0876 e. The third-order valence-corrected chi connectivity index (χ3v) is 3.25. The first kappa shape index (κ1) is 9.07. The Balaban J connectivity index is 1.80. The smallest absolute Gasteiger partial charge is 0.0876 e. The molecule has 1 heterocycles. The van der Waals surface area contributed by atoms with Crippen molar-refractivity contribution in [1.82, 2.24) is 0 Å². The van der Waals surface area contributed by atoms with Gasteiger partial charge in [0.05, 0.1) is 12.9 Å². The largest absolute Gasteiger partial charge is 0.501 e. The molecule has 13 heavy (non-hydrogen) atoms. The van der Waals surface area contributed by atoms with Gasteiger partial charge in [-0.15, -0.1) is 0 Å². The summed E-state index contributed by atoms with van der Waals surface area (Å²) in [5.74, 6) is 0.901. The fourth-order valence-electron chi connectivity index (χ4n) is 2.10. The third-order valence-electron chi connectivity index (χ3n) is 3.25. The molecule has 2 aliphatic rings. The Morgan fingerprint density at radius 1 is 1.46 bits per heavy atom. The van der Waals surface area contributed by atoms with Gasteiger partial charge in [0.15, 0.2) is 0 Å². The molecule has 74 valence electrons. The van der Waals surface area contributed by atoms with E-state index in [1.165, 1.54) is 31.3 Å². The number of ether oxygens (including phenoxy) is 1. The second-order valence-corrected chi connectivity index (χ2v) is 4.31. The van der Waals surface area contributed by atoms with E-state index in [-0.39, 0.29) is 6.04 Å². The van der Waals surface area contributed by atoms with Gasteiger partial charge >= 0.3 is 0 Å². The first-order chi connectivity index (χ1) is 6.36. The highest BCUT2D eigenvalue weighted by Crippen LogP contribution is 2.32. The summed E-state index contributed by atoms with van der Waals surface area (Å²) < 4.78 is 5.29. The average Bonchev–Trinajstić information content (AvgIpc) is 2.12. The molecule has 0 spiro atoms. The maximum atomic E-state index is 6.11. The molecule has 0 amide bonds. The minimum absolute atomic E-state index is 0.269. The Bertz CT molecular complexity index is 196. The molecule has 0 radical (unpaired) electrons. The summed E-state index contributed by atoms with van der Waals surface area (Å²) in [7, 11) is 0. The number of nitrogens with two attached hydrogens (primary N) is 1. The van der Waals surface area contributed by atoms with Crippen LogP contribution in [-0.2, 0) is 4.74 Å². The van der Waals surface area contributed by atoms with Crippen molar-refractivity contribution < 1.29 is 4.74 Å². The predicted octanol–water partition coefficient (Wildman–Crippen LogP) is 2.20. The summed E-state index contributed by atoms with van der Waals surface area (Å²) in [6.45, 7) is 0.875. The molecule has 2 rings (SSSR count). The Hall–Kier alpha value is -0.500. The molecule has 1 atom stereocenters. The molecule has 1 saturated carbocycles. The van der Waals surface area contributed by atoms with Crippen LogP contribution in [0, 0.1) is 5.92 Å². The molecular weight excluding hydrogens is 162 g/mol. The number of hydrogen-bond donors (Lipinski definition) is 1. The molecule has 0 aromatic rings. The van der Waals surface area contributed by atoms with Crippen LogP contribution < -0.4 is 5.73 Å². The monoisotopic (exact) mass is 181 g/mol. The second kappa shape index (κ2) is 4.14. The highest BCUT2D eigenvalue weighted by Gasteiger charge is 2.22. The Kier molecular flexibility index (Phi) is 2.89. The van der Waals surface area contributed by atoms with E-state index in [1.807, 2.05) is 6.26 Å². The van der Waals surface area contributed by atoms with E-state index < -0.39 is 0 Å². The lowest BCUT2D eigenvalue weighted by molar-refractivity contribution is 0.215. The average molecular weight is 181 g/mol. The van der Waals surface area contributed by atoms with Crippen molar-refractivity contribution in [3.8, 4) is 0 Å². The van der Waals surface area contributed by atoms with Crippen LogP contribution in [0.15, 0.2) is 11.8 Å². The van der Waals surface area contributed by atoms with E-state index in [2.05, 4.69) is 0 Å². The molecule has 2 nitrogen and oxygen atoms in total. The van der Waals surface area contributed by atoms with E-state index in [4.69, 9.17) is 10.5 Å². The van der Waals surface area contributed by atoms with E-state index in [1.54, 1.807) is 0 Å². The summed E-state index contributed by atoms with van der Waals surface area (Å²) in [5.41, 5.74) is 7.44. The molecular formula is C11H19NO. The fourth-order valence-corrected chi connectivity index (χ4v) is 2.10. The van der Waals surface area contributed by atoms with Crippen LogP contribution in [0.1, 0.15) is 38.5 Å². The summed E-state index contributed by atoms with van der Waals surface area (Å²) in [6, 6.07) is 0.269. The second-order valence-electron chi connectivity index (χ2n) is 4.31. The molecule has 0 aromatic carbocycles. The van der Waals surface area contributed by atoms with Crippen molar-refractivity contribution in [1.29, 1.82) is 0 Å². The van der Waals surface area contributed by atoms with Crippen molar-refractivity contribution in [3.63, 3.8) is 0 Å². The van der Waals surface area contributed by atoms with E-state index in [9.17, 15) is 0 Å². The van der Waals surface area contributed by atoms with E-state index in [0.29, 0.717) is 0 Å². The molecule has 1 fully saturated rings. The quantitative estimate of drug-likeness (QED) is 0.724.